The van der Waals surface area contributed by atoms with E-state index in [2.05, 4.69) is 23.9 Å². The second-order valence-electron chi connectivity index (χ2n) is 4.83. The number of nitrogens with two attached hydrogens (primary N) is 1. The highest BCUT2D eigenvalue weighted by atomic mass is 16.2. The Labute approximate surface area is 99.1 Å². The van der Waals surface area contributed by atoms with Crippen LogP contribution in [0.1, 0.15) is 19.4 Å². The van der Waals surface area contributed by atoms with Crippen LogP contribution in [0, 0.1) is 5.92 Å². The van der Waals surface area contributed by atoms with E-state index in [1.807, 2.05) is 0 Å². The Hall–Kier alpha value is -1.56. The van der Waals surface area contributed by atoms with E-state index in [9.17, 15) is 9.59 Å². The molecular weight excluding hydrogens is 220 g/mol. The minimum atomic E-state index is -0.440. The number of nitrogen functional groups attached to an aromatic ring is 1. The molecule has 2 unspecified atom stereocenters. The Balaban J connectivity index is 2.41. The lowest BCUT2D eigenvalue weighted by atomic mass is 9.94. The molecule has 1 fully saturated rings. The lowest BCUT2D eigenvalue weighted by molar-refractivity contribution is 0.157. The second-order valence-corrected chi connectivity index (χ2v) is 4.83. The van der Waals surface area contributed by atoms with Crippen molar-refractivity contribution in [3.05, 3.63) is 26.9 Å². The van der Waals surface area contributed by atoms with Gasteiger partial charge in [-0.05, 0) is 25.9 Å². The highest BCUT2D eigenvalue weighted by molar-refractivity contribution is 5.27. The van der Waals surface area contributed by atoms with Gasteiger partial charge in [0, 0.05) is 18.7 Å². The van der Waals surface area contributed by atoms with Crippen molar-refractivity contribution in [2.75, 3.05) is 25.9 Å². The van der Waals surface area contributed by atoms with Gasteiger partial charge in [-0.15, -0.1) is 0 Å². The van der Waals surface area contributed by atoms with E-state index in [1.54, 1.807) is 0 Å². The van der Waals surface area contributed by atoms with E-state index >= 15 is 0 Å². The number of piperidine rings is 1. The third-order valence-corrected chi connectivity index (χ3v) is 3.40. The first-order chi connectivity index (χ1) is 7.99. The summed E-state index contributed by atoms with van der Waals surface area (Å²) in [5, 5.41) is 0. The van der Waals surface area contributed by atoms with E-state index in [1.165, 1.54) is 10.6 Å². The largest absolute Gasteiger partial charge is 0.385 e. The summed E-state index contributed by atoms with van der Waals surface area (Å²) in [4.78, 5) is 27.4. The van der Waals surface area contributed by atoms with Crippen LogP contribution in [0.5, 0.6) is 0 Å². The maximum Gasteiger partial charge on any atom is 0.330 e. The molecule has 0 bridgehead atoms. The lowest BCUT2D eigenvalue weighted by Gasteiger charge is -2.36. The van der Waals surface area contributed by atoms with Crippen molar-refractivity contribution < 1.29 is 0 Å². The van der Waals surface area contributed by atoms with Gasteiger partial charge in [0.2, 0.25) is 0 Å². The van der Waals surface area contributed by atoms with Crippen molar-refractivity contribution in [1.29, 1.82) is 0 Å². The molecule has 0 amide bonds. The minimum Gasteiger partial charge on any atom is -0.385 e. The zero-order chi connectivity index (χ0) is 12.6. The number of nitrogens with one attached hydrogen (secondary N) is 1. The number of hydrogen-bond donors (Lipinski definition) is 2. The highest BCUT2D eigenvalue weighted by Gasteiger charge is 2.27. The molecule has 0 aromatic carbocycles. The molecule has 1 aliphatic heterocycles. The Morgan fingerprint density at radius 1 is 1.47 bits per heavy atom. The zero-order valence-corrected chi connectivity index (χ0v) is 10.1. The quantitative estimate of drug-likeness (QED) is 0.699. The number of aromatic nitrogens is 2. The third kappa shape index (κ3) is 2.26. The van der Waals surface area contributed by atoms with Gasteiger partial charge in [0.1, 0.15) is 5.82 Å². The van der Waals surface area contributed by atoms with Crippen LogP contribution in [0.4, 0.5) is 5.82 Å². The highest BCUT2D eigenvalue weighted by Crippen LogP contribution is 2.27. The number of hydrogen-bond acceptors (Lipinski definition) is 4. The number of H-pyrrole nitrogens is 1. The van der Waals surface area contributed by atoms with Gasteiger partial charge in [0.25, 0.3) is 5.56 Å². The normalized spacial score (nSPS) is 26.0. The van der Waals surface area contributed by atoms with Crippen LogP contribution in [-0.4, -0.2) is 34.6 Å². The van der Waals surface area contributed by atoms with Gasteiger partial charge in [-0.25, -0.2) is 4.79 Å². The van der Waals surface area contributed by atoms with Crippen LogP contribution in [0.2, 0.25) is 0 Å². The molecule has 3 N–H and O–H groups in total. The van der Waals surface area contributed by atoms with Crippen molar-refractivity contribution >= 4 is 5.82 Å². The molecule has 6 heteroatoms. The molecule has 1 saturated heterocycles. The van der Waals surface area contributed by atoms with E-state index < -0.39 is 11.2 Å². The van der Waals surface area contributed by atoms with Gasteiger partial charge in [-0.1, -0.05) is 6.92 Å². The fraction of sp³-hybridized carbons (Fsp3) is 0.636. The number of likely N-dealkylation sites (tertiary alicyclic amines) is 1. The SMILES string of the molecule is CC1CN(C)CCC1n1c(N)cc(=O)[nH]c1=O. The molecule has 0 aliphatic carbocycles. The van der Waals surface area contributed by atoms with Gasteiger partial charge in [0.15, 0.2) is 0 Å². The van der Waals surface area contributed by atoms with Gasteiger partial charge >= 0.3 is 5.69 Å². The molecule has 0 radical (unpaired) electrons. The Bertz CT molecular complexity index is 519. The standard InChI is InChI=1S/C11H18N4O2/c1-7-6-14(2)4-3-8(7)15-9(12)5-10(16)13-11(15)17/h5,7-8H,3-4,6,12H2,1-2H3,(H,13,16,17). The topological polar surface area (TPSA) is 84.1 Å². The molecule has 17 heavy (non-hydrogen) atoms. The molecule has 2 heterocycles. The molecule has 94 valence electrons. The first kappa shape index (κ1) is 11.9. The van der Waals surface area contributed by atoms with Gasteiger partial charge in [-0.3, -0.25) is 14.3 Å². The first-order valence-electron chi connectivity index (χ1n) is 5.79. The zero-order valence-electron chi connectivity index (χ0n) is 10.1. The summed E-state index contributed by atoms with van der Waals surface area (Å²) in [6.07, 6.45) is 0.869. The summed E-state index contributed by atoms with van der Waals surface area (Å²) in [5.41, 5.74) is 4.93. The summed E-state index contributed by atoms with van der Waals surface area (Å²) in [6, 6.07) is 1.34. The van der Waals surface area contributed by atoms with Crippen molar-refractivity contribution in [3.8, 4) is 0 Å². The van der Waals surface area contributed by atoms with Crippen LogP contribution in [-0.2, 0) is 0 Å². The maximum absolute atomic E-state index is 11.8. The molecule has 2 rings (SSSR count). The average Bonchev–Trinajstić information content (AvgIpc) is 2.19. The molecule has 2 atom stereocenters. The molecule has 1 aliphatic rings. The number of nitrogens with zero attached hydrogens (tertiary/aromatic N) is 2. The Morgan fingerprint density at radius 2 is 2.18 bits per heavy atom. The van der Waals surface area contributed by atoms with Crippen molar-refractivity contribution in [1.82, 2.24) is 14.5 Å². The Kier molecular flexibility index (Phi) is 3.06. The van der Waals surface area contributed by atoms with E-state index in [0.717, 1.165) is 19.5 Å². The van der Waals surface area contributed by atoms with Crippen LogP contribution in [0.15, 0.2) is 15.7 Å². The molecule has 0 spiro atoms. The van der Waals surface area contributed by atoms with E-state index in [-0.39, 0.29) is 11.9 Å². The van der Waals surface area contributed by atoms with Crippen molar-refractivity contribution in [2.45, 2.75) is 19.4 Å². The number of rotatable bonds is 1. The average molecular weight is 238 g/mol. The van der Waals surface area contributed by atoms with Crippen molar-refractivity contribution in [2.24, 2.45) is 5.92 Å². The predicted octanol–water partition coefficient (Wildman–Crippen LogP) is -0.368. The molecule has 1 aromatic heterocycles. The first-order valence-corrected chi connectivity index (χ1v) is 5.79. The van der Waals surface area contributed by atoms with E-state index in [0.29, 0.717) is 5.92 Å². The molecule has 1 aromatic rings. The van der Waals surface area contributed by atoms with Crippen LogP contribution in [0.3, 0.4) is 0 Å². The third-order valence-electron chi connectivity index (χ3n) is 3.40. The monoisotopic (exact) mass is 238 g/mol. The fourth-order valence-corrected chi connectivity index (χ4v) is 2.59. The summed E-state index contributed by atoms with van der Waals surface area (Å²) >= 11 is 0. The van der Waals surface area contributed by atoms with Crippen molar-refractivity contribution in [3.63, 3.8) is 0 Å². The summed E-state index contributed by atoms with van der Waals surface area (Å²) in [5.74, 6) is 0.583. The predicted molar refractivity (Wildman–Crippen MR) is 66.1 cm³/mol. The summed E-state index contributed by atoms with van der Waals surface area (Å²) in [7, 11) is 2.06. The van der Waals surface area contributed by atoms with Gasteiger partial charge < -0.3 is 10.6 Å². The van der Waals surface area contributed by atoms with Crippen LogP contribution < -0.4 is 17.0 Å². The van der Waals surface area contributed by atoms with Crippen LogP contribution >= 0.6 is 0 Å². The maximum atomic E-state index is 11.8. The number of aromatic amines is 1. The fourth-order valence-electron chi connectivity index (χ4n) is 2.59. The van der Waals surface area contributed by atoms with Gasteiger partial charge in [-0.2, -0.15) is 0 Å². The Morgan fingerprint density at radius 3 is 2.76 bits per heavy atom. The lowest BCUT2D eigenvalue weighted by Crippen LogP contribution is -2.43. The number of anilines is 1. The van der Waals surface area contributed by atoms with E-state index in [4.69, 9.17) is 5.73 Å². The molecule has 0 saturated carbocycles. The smallest absolute Gasteiger partial charge is 0.330 e. The second kappa shape index (κ2) is 4.37. The van der Waals surface area contributed by atoms with Crippen LogP contribution in [0.25, 0.3) is 0 Å². The summed E-state index contributed by atoms with van der Waals surface area (Å²) in [6.45, 7) is 3.95. The summed E-state index contributed by atoms with van der Waals surface area (Å²) < 4.78 is 1.51. The molecular formula is C11H18N4O2. The minimum absolute atomic E-state index is 0.0653. The van der Waals surface area contributed by atoms with Gasteiger partial charge in [0.05, 0.1) is 0 Å². The molecule has 6 nitrogen and oxygen atoms in total.